The maximum Gasteiger partial charge on any atom is 0.129 e. The molecule has 0 bridgehead atoms. The lowest BCUT2D eigenvalue weighted by molar-refractivity contribution is 0.173. The second-order valence-electron chi connectivity index (χ2n) is 4.69. The van der Waals surface area contributed by atoms with Crippen LogP contribution in [0.1, 0.15) is 31.9 Å². The van der Waals surface area contributed by atoms with E-state index in [0.717, 1.165) is 31.2 Å². The Kier molecular flexibility index (Phi) is 4.66. The minimum Gasteiger partial charge on any atom is -0.297 e. The van der Waals surface area contributed by atoms with Gasteiger partial charge < -0.3 is 0 Å². The van der Waals surface area contributed by atoms with Crippen molar-refractivity contribution < 1.29 is 0 Å². The third-order valence-corrected chi connectivity index (χ3v) is 4.10. The molecule has 1 aromatic rings. The molecule has 2 nitrogen and oxygen atoms in total. The minimum atomic E-state index is 0.521. The van der Waals surface area contributed by atoms with E-state index in [9.17, 15) is 0 Å². The highest BCUT2D eigenvalue weighted by atomic mass is 35.5. The Morgan fingerprint density at radius 1 is 1.29 bits per heavy atom. The smallest absolute Gasteiger partial charge is 0.129 e. The van der Waals surface area contributed by atoms with Crippen LogP contribution in [0.25, 0.3) is 0 Å². The van der Waals surface area contributed by atoms with E-state index in [1.165, 1.54) is 19.3 Å². The number of rotatable bonds is 3. The third-order valence-electron chi connectivity index (χ3n) is 3.54. The lowest BCUT2D eigenvalue weighted by Gasteiger charge is -2.31. The molecule has 0 unspecified atom stereocenters. The third kappa shape index (κ3) is 3.57. The van der Waals surface area contributed by atoms with Gasteiger partial charge in [-0.25, -0.2) is 4.98 Å². The number of halogens is 2. The molecule has 0 aliphatic carbocycles. The number of nitrogens with zero attached hydrogens (tertiary/aromatic N) is 2. The van der Waals surface area contributed by atoms with Gasteiger partial charge in [0.1, 0.15) is 5.15 Å². The topological polar surface area (TPSA) is 16.1 Å². The van der Waals surface area contributed by atoms with Crippen LogP contribution in [0.4, 0.5) is 0 Å². The summed E-state index contributed by atoms with van der Waals surface area (Å²) in [6.07, 6.45) is 3.87. The highest BCUT2D eigenvalue weighted by Crippen LogP contribution is 2.23. The van der Waals surface area contributed by atoms with Gasteiger partial charge >= 0.3 is 0 Å². The van der Waals surface area contributed by atoms with Crippen LogP contribution in [0.2, 0.25) is 10.2 Å². The molecule has 2 heterocycles. The molecule has 94 valence electrons. The van der Waals surface area contributed by atoms with Crippen molar-refractivity contribution in [1.82, 2.24) is 9.88 Å². The first-order chi connectivity index (χ1) is 8.19. The van der Waals surface area contributed by atoms with E-state index >= 15 is 0 Å². The van der Waals surface area contributed by atoms with Gasteiger partial charge in [-0.2, -0.15) is 0 Å². The van der Waals surface area contributed by atoms with Crippen LogP contribution in [-0.4, -0.2) is 23.0 Å². The van der Waals surface area contributed by atoms with E-state index in [2.05, 4.69) is 16.8 Å². The zero-order chi connectivity index (χ0) is 12.3. The first-order valence-corrected chi connectivity index (χ1v) is 6.98. The molecular formula is C13H18Cl2N2. The van der Waals surface area contributed by atoms with E-state index in [0.29, 0.717) is 10.2 Å². The monoisotopic (exact) mass is 272 g/mol. The van der Waals surface area contributed by atoms with Crippen molar-refractivity contribution in [3.63, 3.8) is 0 Å². The fourth-order valence-electron chi connectivity index (χ4n) is 2.33. The molecule has 0 aromatic carbocycles. The Morgan fingerprint density at radius 2 is 2.00 bits per heavy atom. The summed E-state index contributed by atoms with van der Waals surface area (Å²) in [7, 11) is 0. The zero-order valence-electron chi connectivity index (χ0n) is 10.1. The Balaban J connectivity index is 1.95. The number of hydrogen-bond donors (Lipinski definition) is 0. The second kappa shape index (κ2) is 6.03. The van der Waals surface area contributed by atoms with Gasteiger partial charge in [-0.15, -0.1) is 0 Å². The average molecular weight is 273 g/mol. The van der Waals surface area contributed by atoms with E-state index in [1.807, 2.05) is 6.07 Å². The Hall–Kier alpha value is -0.310. The van der Waals surface area contributed by atoms with E-state index < -0.39 is 0 Å². The van der Waals surface area contributed by atoms with Crippen molar-refractivity contribution in [2.24, 2.45) is 5.92 Å². The normalized spacial score (nSPS) is 18.5. The maximum atomic E-state index is 6.12. The largest absolute Gasteiger partial charge is 0.297 e. The molecule has 1 aromatic heterocycles. The summed E-state index contributed by atoms with van der Waals surface area (Å²) in [5.41, 5.74) is 0.897. The van der Waals surface area contributed by atoms with Gasteiger partial charge in [0.25, 0.3) is 0 Å². The van der Waals surface area contributed by atoms with Gasteiger partial charge in [-0.1, -0.05) is 36.5 Å². The SMILES string of the molecule is CCC1CCN(Cc2nc(Cl)ccc2Cl)CC1. The van der Waals surface area contributed by atoms with Crippen LogP contribution in [0.5, 0.6) is 0 Å². The summed E-state index contributed by atoms with van der Waals surface area (Å²) in [6.45, 7) is 5.37. The van der Waals surface area contributed by atoms with Gasteiger partial charge in [-0.3, -0.25) is 4.90 Å². The summed E-state index contributed by atoms with van der Waals surface area (Å²) < 4.78 is 0. The van der Waals surface area contributed by atoms with Crippen LogP contribution in [0.3, 0.4) is 0 Å². The summed E-state index contributed by atoms with van der Waals surface area (Å²) in [5, 5.41) is 1.24. The minimum absolute atomic E-state index is 0.521. The van der Waals surface area contributed by atoms with Crippen molar-refractivity contribution in [3.8, 4) is 0 Å². The van der Waals surface area contributed by atoms with Crippen LogP contribution in [-0.2, 0) is 6.54 Å². The Morgan fingerprint density at radius 3 is 2.65 bits per heavy atom. The van der Waals surface area contributed by atoms with Crippen LogP contribution in [0.15, 0.2) is 12.1 Å². The fraction of sp³-hybridized carbons (Fsp3) is 0.615. The van der Waals surface area contributed by atoms with Crippen LogP contribution in [0, 0.1) is 5.92 Å². The van der Waals surface area contributed by atoms with Crippen molar-refractivity contribution >= 4 is 23.2 Å². The molecule has 2 rings (SSSR count). The van der Waals surface area contributed by atoms with Gasteiger partial charge in [0.2, 0.25) is 0 Å². The highest BCUT2D eigenvalue weighted by molar-refractivity contribution is 6.32. The highest BCUT2D eigenvalue weighted by Gasteiger charge is 2.18. The van der Waals surface area contributed by atoms with Crippen molar-refractivity contribution in [3.05, 3.63) is 28.0 Å². The number of likely N-dealkylation sites (tertiary alicyclic amines) is 1. The molecule has 0 saturated carbocycles. The first kappa shape index (κ1) is 13.1. The molecule has 1 fully saturated rings. The van der Waals surface area contributed by atoms with Crippen LogP contribution < -0.4 is 0 Å². The number of piperidine rings is 1. The zero-order valence-corrected chi connectivity index (χ0v) is 11.6. The predicted octanol–water partition coefficient (Wildman–Crippen LogP) is 4.01. The van der Waals surface area contributed by atoms with E-state index in [1.54, 1.807) is 6.07 Å². The first-order valence-electron chi connectivity index (χ1n) is 6.22. The van der Waals surface area contributed by atoms with Gasteiger partial charge in [0.15, 0.2) is 0 Å². The van der Waals surface area contributed by atoms with Crippen molar-refractivity contribution in [2.75, 3.05) is 13.1 Å². The Bertz CT molecular complexity index is 374. The van der Waals surface area contributed by atoms with Gasteiger partial charge in [0, 0.05) is 6.54 Å². The summed E-state index contributed by atoms with van der Waals surface area (Å²) in [4.78, 5) is 6.71. The molecule has 0 atom stereocenters. The van der Waals surface area contributed by atoms with Gasteiger partial charge in [0.05, 0.1) is 10.7 Å². The summed E-state index contributed by atoms with van der Waals surface area (Å²) >= 11 is 12.0. The molecular weight excluding hydrogens is 255 g/mol. The molecule has 1 saturated heterocycles. The molecule has 4 heteroatoms. The molecule has 17 heavy (non-hydrogen) atoms. The number of pyridine rings is 1. The fourth-order valence-corrected chi connectivity index (χ4v) is 2.66. The van der Waals surface area contributed by atoms with Crippen molar-refractivity contribution in [1.29, 1.82) is 0 Å². The van der Waals surface area contributed by atoms with Gasteiger partial charge in [-0.05, 0) is 44.0 Å². The maximum absolute atomic E-state index is 6.12. The second-order valence-corrected chi connectivity index (χ2v) is 5.48. The lowest BCUT2D eigenvalue weighted by atomic mass is 9.94. The molecule has 0 radical (unpaired) electrons. The predicted molar refractivity (Wildman–Crippen MR) is 72.5 cm³/mol. The molecule has 1 aliphatic rings. The number of aromatic nitrogens is 1. The molecule has 1 aliphatic heterocycles. The summed E-state index contributed by atoms with van der Waals surface area (Å²) in [6, 6.07) is 3.56. The molecule has 0 amide bonds. The van der Waals surface area contributed by atoms with E-state index in [4.69, 9.17) is 23.2 Å². The number of hydrogen-bond acceptors (Lipinski definition) is 2. The molecule has 0 N–H and O–H groups in total. The lowest BCUT2D eigenvalue weighted by Crippen LogP contribution is -2.33. The Labute approximate surface area is 113 Å². The van der Waals surface area contributed by atoms with Crippen molar-refractivity contribution in [2.45, 2.75) is 32.7 Å². The average Bonchev–Trinajstić information content (AvgIpc) is 2.35. The van der Waals surface area contributed by atoms with E-state index in [-0.39, 0.29) is 0 Å². The standard InChI is InChI=1S/C13H18Cl2N2/c1-2-10-5-7-17(8-6-10)9-12-11(14)3-4-13(15)16-12/h3-4,10H,2,5-9H2,1H3. The van der Waals surface area contributed by atoms with Crippen LogP contribution >= 0.6 is 23.2 Å². The quantitative estimate of drug-likeness (QED) is 0.773. The molecule has 0 spiro atoms. The summed E-state index contributed by atoms with van der Waals surface area (Å²) in [5.74, 6) is 0.897.